The Kier molecular flexibility index (Phi) is 3.18. The third-order valence-electron chi connectivity index (χ3n) is 2.95. The van der Waals surface area contributed by atoms with Crippen LogP contribution in [0.5, 0.6) is 16.7 Å². The SMILES string of the molecule is CC1(C)Cc2cccc(Oc3nc(Cl)c(C=O)s3)c2O1. The summed E-state index contributed by atoms with van der Waals surface area (Å²) in [5.41, 5.74) is 0.863. The first-order valence-corrected chi connectivity index (χ1v) is 7.28. The van der Waals surface area contributed by atoms with Crippen molar-refractivity contribution in [3.8, 4) is 16.7 Å². The molecule has 6 heteroatoms. The zero-order valence-electron chi connectivity index (χ0n) is 11.0. The normalized spacial score (nSPS) is 15.6. The predicted octanol–water partition coefficient (Wildman–Crippen LogP) is 4.11. The third-order valence-corrected chi connectivity index (χ3v) is 4.21. The van der Waals surface area contributed by atoms with Crippen molar-refractivity contribution in [2.75, 3.05) is 0 Å². The molecule has 0 spiro atoms. The number of carbonyl (C=O) groups excluding carboxylic acids is 1. The van der Waals surface area contributed by atoms with Gasteiger partial charge in [0.25, 0.3) is 5.19 Å². The first-order valence-electron chi connectivity index (χ1n) is 6.09. The summed E-state index contributed by atoms with van der Waals surface area (Å²) in [7, 11) is 0. The van der Waals surface area contributed by atoms with Crippen LogP contribution in [0.2, 0.25) is 5.15 Å². The highest BCUT2D eigenvalue weighted by Crippen LogP contribution is 2.44. The highest BCUT2D eigenvalue weighted by molar-refractivity contribution is 7.15. The van der Waals surface area contributed by atoms with Gasteiger partial charge >= 0.3 is 0 Å². The Morgan fingerprint density at radius 1 is 1.50 bits per heavy atom. The standard InChI is InChI=1S/C14H12ClNO3S/c1-14(2)6-8-4-3-5-9(11(8)19-14)18-13-16-12(15)10(7-17)20-13/h3-5,7H,6H2,1-2H3. The second-order valence-electron chi connectivity index (χ2n) is 5.14. The molecule has 0 unspecified atom stereocenters. The van der Waals surface area contributed by atoms with Crippen LogP contribution in [0.25, 0.3) is 0 Å². The smallest absolute Gasteiger partial charge is 0.281 e. The summed E-state index contributed by atoms with van der Waals surface area (Å²) >= 11 is 6.94. The number of para-hydroxylation sites is 1. The lowest BCUT2D eigenvalue weighted by atomic mass is 10.0. The molecule has 0 aliphatic carbocycles. The number of hydrogen-bond donors (Lipinski definition) is 0. The topological polar surface area (TPSA) is 48.4 Å². The summed E-state index contributed by atoms with van der Waals surface area (Å²) in [4.78, 5) is 15.1. The van der Waals surface area contributed by atoms with Gasteiger partial charge in [-0.15, -0.1) is 0 Å². The van der Waals surface area contributed by atoms with Crippen LogP contribution < -0.4 is 9.47 Å². The van der Waals surface area contributed by atoms with Crippen molar-refractivity contribution >= 4 is 29.2 Å². The number of hydrogen-bond acceptors (Lipinski definition) is 5. The van der Waals surface area contributed by atoms with E-state index in [0.29, 0.717) is 22.1 Å². The van der Waals surface area contributed by atoms with E-state index >= 15 is 0 Å². The maximum absolute atomic E-state index is 10.8. The van der Waals surface area contributed by atoms with Crippen molar-refractivity contribution in [2.45, 2.75) is 25.9 Å². The van der Waals surface area contributed by atoms with Crippen molar-refractivity contribution < 1.29 is 14.3 Å². The number of rotatable bonds is 3. The molecule has 0 N–H and O–H groups in total. The van der Waals surface area contributed by atoms with Gasteiger partial charge in [0.1, 0.15) is 10.5 Å². The lowest BCUT2D eigenvalue weighted by Crippen LogP contribution is -2.24. The van der Waals surface area contributed by atoms with Crippen molar-refractivity contribution in [1.82, 2.24) is 4.98 Å². The van der Waals surface area contributed by atoms with Gasteiger partial charge in [0.15, 0.2) is 22.9 Å². The molecule has 4 nitrogen and oxygen atoms in total. The minimum Gasteiger partial charge on any atom is -0.483 e. The van der Waals surface area contributed by atoms with Crippen LogP contribution in [-0.2, 0) is 6.42 Å². The lowest BCUT2D eigenvalue weighted by molar-refractivity contribution is 0.112. The first kappa shape index (κ1) is 13.4. The number of halogens is 1. The molecule has 2 heterocycles. The number of fused-ring (bicyclic) bond motifs is 1. The van der Waals surface area contributed by atoms with Crippen LogP contribution in [0.1, 0.15) is 29.1 Å². The molecular formula is C14H12ClNO3S. The Balaban J connectivity index is 1.93. The molecule has 1 aromatic heterocycles. The fourth-order valence-corrected chi connectivity index (χ4v) is 3.09. The molecule has 0 bridgehead atoms. The summed E-state index contributed by atoms with van der Waals surface area (Å²) in [6.45, 7) is 4.06. The number of ether oxygens (including phenoxy) is 2. The van der Waals surface area contributed by atoms with Crippen LogP contribution in [-0.4, -0.2) is 16.9 Å². The van der Waals surface area contributed by atoms with E-state index < -0.39 is 0 Å². The lowest BCUT2D eigenvalue weighted by Gasteiger charge is -2.17. The number of thiazole rings is 1. The van der Waals surface area contributed by atoms with E-state index in [0.717, 1.165) is 29.1 Å². The largest absolute Gasteiger partial charge is 0.483 e. The molecule has 0 saturated carbocycles. The molecule has 3 rings (SSSR count). The summed E-state index contributed by atoms with van der Waals surface area (Å²) in [6, 6.07) is 5.74. The zero-order chi connectivity index (χ0) is 14.3. The van der Waals surface area contributed by atoms with Crippen molar-refractivity contribution in [3.63, 3.8) is 0 Å². The van der Waals surface area contributed by atoms with Gasteiger partial charge in [0, 0.05) is 12.0 Å². The van der Waals surface area contributed by atoms with Gasteiger partial charge in [-0.25, -0.2) is 0 Å². The maximum Gasteiger partial charge on any atom is 0.281 e. The van der Waals surface area contributed by atoms with Gasteiger partial charge < -0.3 is 9.47 Å². The highest BCUT2D eigenvalue weighted by atomic mass is 35.5. The molecule has 0 amide bonds. The van der Waals surface area contributed by atoms with Gasteiger partial charge in [-0.1, -0.05) is 35.1 Å². The van der Waals surface area contributed by atoms with Gasteiger partial charge in [-0.2, -0.15) is 4.98 Å². The van der Waals surface area contributed by atoms with Gasteiger partial charge in [-0.3, -0.25) is 4.79 Å². The van der Waals surface area contributed by atoms with Crippen LogP contribution in [0.4, 0.5) is 0 Å². The Bertz CT molecular complexity index is 681. The van der Waals surface area contributed by atoms with Crippen LogP contribution >= 0.6 is 22.9 Å². The molecular weight excluding hydrogens is 298 g/mol. The molecule has 104 valence electrons. The second kappa shape index (κ2) is 4.75. The summed E-state index contributed by atoms with van der Waals surface area (Å²) < 4.78 is 11.6. The number of nitrogens with zero attached hydrogens (tertiary/aromatic N) is 1. The molecule has 20 heavy (non-hydrogen) atoms. The van der Waals surface area contributed by atoms with E-state index in [1.165, 1.54) is 0 Å². The summed E-state index contributed by atoms with van der Waals surface area (Å²) in [5, 5.41) is 0.493. The van der Waals surface area contributed by atoms with Crippen molar-refractivity contribution in [2.24, 2.45) is 0 Å². The molecule has 0 fully saturated rings. The van der Waals surface area contributed by atoms with Gasteiger partial charge in [0.2, 0.25) is 0 Å². The van der Waals surface area contributed by atoms with Crippen molar-refractivity contribution in [1.29, 1.82) is 0 Å². The Morgan fingerprint density at radius 2 is 2.30 bits per heavy atom. The molecule has 0 radical (unpaired) electrons. The molecule has 0 atom stereocenters. The second-order valence-corrected chi connectivity index (χ2v) is 6.49. The quantitative estimate of drug-likeness (QED) is 0.800. The van der Waals surface area contributed by atoms with E-state index in [4.69, 9.17) is 21.1 Å². The molecule has 2 aromatic rings. The van der Waals surface area contributed by atoms with Gasteiger partial charge in [-0.05, 0) is 19.9 Å². The molecule has 0 saturated heterocycles. The summed E-state index contributed by atoms with van der Waals surface area (Å²) in [5.74, 6) is 1.33. The summed E-state index contributed by atoms with van der Waals surface area (Å²) in [6.07, 6.45) is 1.50. The number of carbonyl (C=O) groups is 1. The van der Waals surface area contributed by atoms with Crippen molar-refractivity contribution in [3.05, 3.63) is 33.8 Å². The molecule has 1 aliphatic rings. The van der Waals surface area contributed by atoms with E-state index in [1.807, 2.05) is 32.0 Å². The Hall–Kier alpha value is -1.59. The Labute approximate surface area is 125 Å². The average molecular weight is 310 g/mol. The van der Waals surface area contributed by atoms with Gasteiger partial charge in [0.05, 0.1) is 0 Å². The maximum atomic E-state index is 10.8. The first-order chi connectivity index (χ1) is 9.48. The van der Waals surface area contributed by atoms with E-state index in [2.05, 4.69) is 4.98 Å². The number of benzene rings is 1. The minimum absolute atomic E-state index is 0.161. The van der Waals surface area contributed by atoms with Crippen LogP contribution in [0.15, 0.2) is 18.2 Å². The third kappa shape index (κ3) is 2.39. The fraction of sp³-hybridized carbons (Fsp3) is 0.286. The Morgan fingerprint density at radius 3 is 3.00 bits per heavy atom. The number of aldehydes is 1. The van der Waals surface area contributed by atoms with E-state index in [1.54, 1.807) is 0 Å². The number of aromatic nitrogens is 1. The van der Waals surface area contributed by atoms with Crippen LogP contribution in [0.3, 0.4) is 0 Å². The monoisotopic (exact) mass is 309 g/mol. The fourth-order valence-electron chi connectivity index (χ4n) is 2.17. The molecule has 1 aromatic carbocycles. The van der Waals surface area contributed by atoms with Crippen LogP contribution in [0, 0.1) is 0 Å². The minimum atomic E-state index is -0.240. The molecule has 1 aliphatic heterocycles. The zero-order valence-corrected chi connectivity index (χ0v) is 12.5. The average Bonchev–Trinajstić information content (AvgIpc) is 2.88. The van der Waals surface area contributed by atoms with E-state index in [-0.39, 0.29) is 10.8 Å². The highest BCUT2D eigenvalue weighted by Gasteiger charge is 2.32. The van der Waals surface area contributed by atoms with E-state index in [9.17, 15) is 4.79 Å². The predicted molar refractivity (Wildman–Crippen MR) is 77.4 cm³/mol.